The number of rotatable bonds is 5. The Bertz CT molecular complexity index is 1390. The van der Waals surface area contributed by atoms with Crippen LogP contribution in [0.3, 0.4) is 0 Å². The fourth-order valence-electron chi connectivity index (χ4n) is 3.95. The van der Waals surface area contributed by atoms with Crippen LogP contribution in [0.2, 0.25) is 0 Å². The monoisotopic (exact) mass is 468 g/mol. The van der Waals surface area contributed by atoms with Crippen molar-refractivity contribution in [1.29, 1.82) is 0 Å². The van der Waals surface area contributed by atoms with E-state index in [-0.39, 0.29) is 35.2 Å². The molecule has 0 saturated carbocycles. The lowest BCUT2D eigenvalue weighted by Gasteiger charge is -2.30. The molecule has 3 aromatic rings. The summed E-state index contributed by atoms with van der Waals surface area (Å²) in [5.41, 5.74) is 3.28. The third-order valence-corrected chi connectivity index (χ3v) is 7.80. The summed E-state index contributed by atoms with van der Waals surface area (Å²) in [7, 11) is -3.73. The SMILES string of the molecule is CC(=O)c1ccc(S(=O)(=O)N2CCC(C(=O)Nn3c(C)nc4ccccc4c3=O)CC2)cc1. The number of hydrogen-bond donors (Lipinski definition) is 1. The van der Waals surface area contributed by atoms with Crippen LogP contribution < -0.4 is 11.0 Å². The van der Waals surface area contributed by atoms with Crippen LogP contribution in [-0.2, 0) is 14.8 Å². The van der Waals surface area contributed by atoms with E-state index < -0.39 is 15.9 Å². The molecule has 0 aliphatic carbocycles. The summed E-state index contributed by atoms with van der Waals surface area (Å²) in [6.45, 7) is 3.42. The Labute approximate surface area is 191 Å². The Kier molecular flexibility index (Phi) is 6.13. The second-order valence-corrected chi connectivity index (χ2v) is 9.99. The summed E-state index contributed by atoms with van der Waals surface area (Å²) in [4.78, 5) is 41.5. The first-order chi connectivity index (χ1) is 15.7. The first-order valence-electron chi connectivity index (χ1n) is 10.6. The van der Waals surface area contributed by atoms with E-state index in [2.05, 4.69) is 10.4 Å². The molecule has 1 aliphatic heterocycles. The fourth-order valence-corrected chi connectivity index (χ4v) is 5.42. The van der Waals surface area contributed by atoms with Gasteiger partial charge < -0.3 is 0 Å². The lowest BCUT2D eigenvalue weighted by molar-refractivity contribution is -0.121. The molecule has 0 spiro atoms. The number of hydrogen-bond acceptors (Lipinski definition) is 6. The van der Waals surface area contributed by atoms with Crippen LogP contribution in [0.1, 0.15) is 35.9 Å². The van der Waals surface area contributed by atoms with E-state index in [1.54, 1.807) is 31.2 Å². The highest BCUT2D eigenvalue weighted by atomic mass is 32.2. The van der Waals surface area contributed by atoms with E-state index in [0.29, 0.717) is 35.1 Å². The molecule has 0 bridgehead atoms. The number of carbonyl (C=O) groups excluding carboxylic acids is 2. The Balaban J connectivity index is 1.45. The van der Waals surface area contributed by atoms with Gasteiger partial charge in [0, 0.05) is 24.6 Å². The summed E-state index contributed by atoms with van der Waals surface area (Å²) in [5.74, 6) is -0.558. The molecule has 2 aromatic carbocycles. The minimum Gasteiger partial charge on any atom is -0.295 e. The molecule has 172 valence electrons. The summed E-state index contributed by atoms with van der Waals surface area (Å²) in [6, 6.07) is 12.7. The highest BCUT2D eigenvalue weighted by Crippen LogP contribution is 2.24. The van der Waals surface area contributed by atoms with Crippen molar-refractivity contribution in [3.05, 3.63) is 70.3 Å². The van der Waals surface area contributed by atoms with E-state index in [1.165, 1.54) is 35.5 Å². The molecule has 0 unspecified atom stereocenters. The summed E-state index contributed by atoms with van der Waals surface area (Å²) in [5, 5.41) is 0.403. The largest absolute Gasteiger partial charge is 0.295 e. The summed E-state index contributed by atoms with van der Waals surface area (Å²) < 4.78 is 28.4. The number of piperidine rings is 1. The number of fused-ring (bicyclic) bond motifs is 1. The number of Topliss-reactive ketones (excluding diaryl/α,β-unsaturated/α-hetero) is 1. The molecule has 4 rings (SSSR count). The van der Waals surface area contributed by atoms with Crippen molar-refractivity contribution < 1.29 is 18.0 Å². The lowest BCUT2D eigenvalue weighted by atomic mass is 9.97. The van der Waals surface area contributed by atoms with Crippen LogP contribution in [0.25, 0.3) is 10.9 Å². The molecule has 1 amide bonds. The highest BCUT2D eigenvalue weighted by Gasteiger charge is 2.32. The predicted octanol–water partition coefficient (Wildman–Crippen LogP) is 2.08. The maximum absolute atomic E-state index is 12.9. The number of ketones is 1. The second-order valence-electron chi connectivity index (χ2n) is 8.05. The number of benzene rings is 2. The average Bonchev–Trinajstić information content (AvgIpc) is 2.81. The number of nitrogens with one attached hydrogen (secondary N) is 1. The predicted molar refractivity (Wildman–Crippen MR) is 123 cm³/mol. The van der Waals surface area contributed by atoms with Crippen molar-refractivity contribution in [2.24, 2.45) is 5.92 Å². The van der Waals surface area contributed by atoms with Gasteiger partial charge in [-0.15, -0.1) is 0 Å². The van der Waals surface area contributed by atoms with Gasteiger partial charge in [-0.1, -0.05) is 24.3 Å². The lowest BCUT2D eigenvalue weighted by Crippen LogP contribution is -2.44. The molecule has 0 atom stereocenters. The number of nitrogens with zero attached hydrogens (tertiary/aromatic N) is 3. The minimum atomic E-state index is -3.73. The smallest absolute Gasteiger partial charge is 0.280 e. The van der Waals surface area contributed by atoms with Gasteiger partial charge in [0.2, 0.25) is 15.9 Å². The van der Waals surface area contributed by atoms with E-state index in [9.17, 15) is 22.8 Å². The van der Waals surface area contributed by atoms with Gasteiger partial charge in [-0.2, -0.15) is 4.31 Å². The highest BCUT2D eigenvalue weighted by molar-refractivity contribution is 7.89. The van der Waals surface area contributed by atoms with E-state index in [4.69, 9.17) is 0 Å². The van der Waals surface area contributed by atoms with Gasteiger partial charge in [-0.05, 0) is 51.0 Å². The van der Waals surface area contributed by atoms with E-state index in [1.807, 2.05) is 0 Å². The zero-order valence-corrected chi connectivity index (χ0v) is 19.1. The minimum absolute atomic E-state index is 0.111. The molecule has 0 radical (unpaired) electrons. The van der Waals surface area contributed by atoms with Crippen LogP contribution in [0.4, 0.5) is 0 Å². The summed E-state index contributed by atoms with van der Waals surface area (Å²) >= 11 is 0. The van der Waals surface area contributed by atoms with Gasteiger partial charge in [-0.3, -0.25) is 19.8 Å². The van der Waals surface area contributed by atoms with Crippen molar-refractivity contribution in [1.82, 2.24) is 14.0 Å². The topological polar surface area (TPSA) is 118 Å². The zero-order chi connectivity index (χ0) is 23.8. The molecular weight excluding hydrogens is 444 g/mol. The van der Waals surface area contributed by atoms with Crippen molar-refractivity contribution in [3.8, 4) is 0 Å². The second kappa shape index (κ2) is 8.87. The van der Waals surface area contributed by atoms with Gasteiger partial charge >= 0.3 is 0 Å². The molecule has 10 heteroatoms. The Hall–Kier alpha value is -3.37. The van der Waals surface area contributed by atoms with Crippen molar-refractivity contribution >= 4 is 32.6 Å². The van der Waals surface area contributed by atoms with Crippen LogP contribution in [-0.4, -0.2) is 47.2 Å². The first-order valence-corrected chi connectivity index (χ1v) is 12.0. The van der Waals surface area contributed by atoms with Crippen LogP contribution in [0.5, 0.6) is 0 Å². The van der Waals surface area contributed by atoms with Gasteiger partial charge in [0.05, 0.1) is 15.8 Å². The van der Waals surface area contributed by atoms with Crippen LogP contribution >= 0.6 is 0 Å². The number of carbonyl (C=O) groups is 2. The van der Waals surface area contributed by atoms with Gasteiger partial charge in [0.1, 0.15) is 5.82 Å². The normalized spacial score (nSPS) is 15.5. The molecule has 1 aliphatic rings. The molecule has 1 aromatic heterocycles. The van der Waals surface area contributed by atoms with Crippen molar-refractivity contribution in [3.63, 3.8) is 0 Å². The van der Waals surface area contributed by atoms with Crippen LogP contribution in [0.15, 0.2) is 58.2 Å². The fraction of sp³-hybridized carbons (Fsp3) is 0.304. The average molecular weight is 469 g/mol. The molecule has 9 nitrogen and oxygen atoms in total. The van der Waals surface area contributed by atoms with Crippen LogP contribution in [0, 0.1) is 12.8 Å². The number of aromatic nitrogens is 2. The van der Waals surface area contributed by atoms with Crippen molar-refractivity contribution in [2.75, 3.05) is 18.5 Å². The Morgan fingerprint density at radius 2 is 1.67 bits per heavy atom. The van der Waals surface area contributed by atoms with E-state index >= 15 is 0 Å². The van der Waals surface area contributed by atoms with Crippen molar-refractivity contribution in [2.45, 2.75) is 31.6 Å². The Morgan fingerprint density at radius 3 is 2.30 bits per heavy atom. The molecule has 2 heterocycles. The number of sulfonamides is 1. The number of para-hydroxylation sites is 1. The number of aryl methyl sites for hydroxylation is 1. The third kappa shape index (κ3) is 4.44. The van der Waals surface area contributed by atoms with Gasteiger partial charge in [0.25, 0.3) is 5.56 Å². The molecule has 1 saturated heterocycles. The maximum Gasteiger partial charge on any atom is 0.280 e. The maximum atomic E-state index is 12.9. The standard InChI is InChI=1S/C23H24N4O5S/c1-15(28)17-7-9-19(10-8-17)33(31,32)26-13-11-18(12-14-26)22(29)25-27-16(2)24-21-6-4-3-5-20(21)23(27)30/h3-10,18H,11-14H2,1-2H3,(H,25,29). The molecule has 1 N–H and O–H groups in total. The van der Waals surface area contributed by atoms with E-state index in [0.717, 1.165) is 4.68 Å². The molecule has 1 fully saturated rings. The zero-order valence-electron chi connectivity index (χ0n) is 18.3. The first kappa shape index (κ1) is 22.8. The molecule has 33 heavy (non-hydrogen) atoms. The van der Waals surface area contributed by atoms with Gasteiger partial charge in [-0.25, -0.2) is 18.1 Å². The third-order valence-electron chi connectivity index (χ3n) is 5.89. The number of amides is 1. The Morgan fingerprint density at radius 1 is 1.03 bits per heavy atom. The molecular formula is C23H24N4O5S. The quantitative estimate of drug-likeness (QED) is 0.573. The van der Waals surface area contributed by atoms with Gasteiger partial charge in [0.15, 0.2) is 5.78 Å². The summed E-state index contributed by atoms with van der Waals surface area (Å²) in [6.07, 6.45) is 0.650.